The van der Waals surface area contributed by atoms with Gasteiger partial charge in [-0.25, -0.2) is 8.42 Å². The highest BCUT2D eigenvalue weighted by Gasteiger charge is 2.39. The molecule has 0 amide bonds. The molecule has 0 radical (unpaired) electrons. The molecule has 142 valence electrons. The van der Waals surface area contributed by atoms with Gasteiger partial charge in [0, 0.05) is 19.4 Å². The van der Waals surface area contributed by atoms with Gasteiger partial charge in [-0.15, -0.1) is 0 Å². The molecule has 1 fully saturated rings. The number of aliphatic hydroxyl groups is 2. The van der Waals surface area contributed by atoms with E-state index in [1.54, 1.807) is 12.1 Å². The second kappa shape index (κ2) is 8.93. The zero-order valence-corrected chi connectivity index (χ0v) is 14.5. The molecule has 1 saturated carbocycles. The zero-order chi connectivity index (χ0) is 18.4. The fraction of sp³-hybridized carbons (Fsp3) is 0.625. The number of phenolic OH excluding ortho intramolecular Hbond substituents is 1. The van der Waals surface area contributed by atoms with E-state index in [-0.39, 0.29) is 25.2 Å². The third-order valence-electron chi connectivity index (χ3n) is 4.16. The lowest BCUT2D eigenvalue weighted by atomic mass is 9.90. The number of aromatic hydroxyl groups is 1. The highest BCUT2D eigenvalue weighted by atomic mass is 32.3. The van der Waals surface area contributed by atoms with Crippen molar-refractivity contribution in [2.45, 2.75) is 56.5 Å². The molecular weight excluding hydrogens is 352 g/mol. The first kappa shape index (κ1) is 20.1. The van der Waals surface area contributed by atoms with E-state index in [4.69, 9.17) is 4.74 Å². The van der Waals surface area contributed by atoms with Gasteiger partial charge in [-0.2, -0.15) is 0 Å². The largest absolute Gasteiger partial charge is 0.726 e. The molecular formula is C16H23O8S-. The summed E-state index contributed by atoms with van der Waals surface area (Å²) in [7, 11) is -4.98. The van der Waals surface area contributed by atoms with Crippen molar-refractivity contribution in [3.63, 3.8) is 0 Å². The minimum atomic E-state index is -4.98. The molecule has 4 atom stereocenters. The standard InChI is InChI=1S/C16H24O8S/c17-12-9-14(19)16(24-25(20,21)22)15(10-12)23-8-4-3-6-11-5-1-2-7-13(11)18/h1-2,5,7,12,14-19H,3-4,6,8-10H2,(H,20,21,22)/p-1/t12-,14-,15-,16-/m1/s1. The average Bonchev–Trinajstić information content (AvgIpc) is 2.51. The van der Waals surface area contributed by atoms with E-state index < -0.39 is 34.8 Å². The molecule has 1 aliphatic carbocycles. The van der Waals surface area contributed by atoms with E-state index in [1.807, 2.05) is 12.1 Å². The fourth-order valence-corrected chi connectivity index (χ4v) is 3.48. The molecule has 25 heavy (non-hydrogen) atoms. The molecule has 0 spiro atoms. The zero-order valence-electron chi connectivity index (χ0n) is 13.7. The quantitative estimate of drug-likeness (QED) is 0.339. The SMILES string of the molecule is O=S(=O)([O-])O[C@@H]1[C@H](O)C[C@@H](O)C[C@H]1OCCCCc1ccccc1O. The van der Waals surface area contributed by atoms with Crippen LogP contribution in [0.4, 0.5) is 0 Å². The van der Waals surface area contributed by atoms with Gasteiger partial charge >= 0.3 is 0 Å². The van der Waals surface area contributed by atoms with E-state index >= 15 is 0 Å². The van der Waals surface area contributed by atoms with Gasteiger partial charge in [0.2, 0.25) is 10.4 Å². The summed E-state index contributed by atoms with van der Waals surface area (Å²) in [5.41, 5.74) is 0.824. The van der Waals surface area contributed by atoms with Crippen LogP contribution >= 0.6 is 0 Å². The lowest BCUT2D eigenvalue weighted by Gasteiger charge is -2.37. The van der Waals surface area contributed by atoms with Crippen LogP contribution in [-0.2, 0) is 25.7 Å². The van der Waals surface area contributed by atoms with E-state index in [0.29, 0.717) is 12.8 Å². The number of aliphatic hydroxyl groups excluding tert-OH is 2. The third-order valence-corrected chi connectivity index (χ3v) is 4.61. The molecule has 0 bridgehead atoms. The Labute approximate surface area is 147 Å². The summed E-state index contributed by atoms with van der Waals surface area (Å²) in [6.07, 6.45) is -2.34. The number of para-hydroxylation sites is 1. The maximum Gasteiger partial charge on any atom is 0.218 e. The summed E-state index contributed by atoms with van der Waals surface area (Å²) in [4.78, 5) is 0. The Morgan fingerprint density at radius 3 is 2.56 bits per heavy atom. The van der Waals surface area contributed by atoms with Crippen molar-refractivity contribution in [1.82, 2.24) is 0 Å². The lowest BCUT2D eigenvalue weighted by Crippen LogP contribution is -2.50. The van der Waals surface area contributed by atoms with Crippen LogP contribution in [0.15, 0.2) is 24.3 Å². The summed E-state index contributed by atoms with van der Waals surface area (Å²) in [6.45, 7) is 0.246. The molecule has 0 heterocycles. The van der Waals surface area contributed by atoms with Crippen molar-refractivity contribution in [3.05, 3.63) is 29.8 Å². The molecule has 8 nitrogen and oxygen atoms in total. The van der Waals surface area contributed by atoms with Crippen molar-refractivity contribution in [3.8, 4) is 5.75 Å². The van der Waals surface area contributed by atoms with E-state index in [9.17, 15) is 28.3 Å². The maximum absolute atomic E-state index is 10.8. The van der Waals surface area contributed by atoms with Crippen LogP contribution in [0.2, 0.25) is 0 Å². The van der Waals surface area contributed by atoms with Crippen molar-refractivity contribution in [1.29, 1.82) is 0 Å². The van der Waals surface area contributed by atoms with Gasteiger partial charge in [0.25, 0.3) is 0 Å². The average molecular weight is 375 g/mol. The number of hydrogen-bond donors (Lipinski definition) is 3. The normalized spacial score (nSPS) is 27.3. The Bertz CT molecular complexity index is 647. The minimum Gasteiger partial charge on any atom is -0.726 e. The van der Waals surface area contributed by atoms with Gasteiger partial charge in [-0.05, 0) is 30.9 Å². The number of benzene rings is 1. The summed E-state index contributed by atoms with van der Waals surface area (Å²) in [6, 6.07) is 7.02. The molecule has 1 aromatic rings. The van der Waals surface area contributed by atoms with Crippen molar-refractivity contribution in [2.24, 2.45) is 0 Å². The maximum atomic E-state index is 10.8. The number of ether oxygens (including phenoxy) is 1. The minimum absolute atomic E-state index is 0.0761. The predicted molar refractivity (Wildman–Crippen MR) is 86.6 cm³/mol. The van der Waals surface area contributed by atoms with Gasteiger partial charge < -0.3 is 24.6 Å². The van der Waals surface area contributed by atoms with Gasteiger partial charge in [0.1, 0.15) is 11.9 Å². The number of unbranched alkanes of at least 4 members (excludes halogenated alkanes) is 1. The van der Waals surface area contributed by atoms with Crippen LogP contribution in [0.25, 0.3) is 0 Å². The van der Waals surface area contributed by atoms with Crippen LogP contribution in [0.5, 0.6) is 5.75 Å². The van der Waals surface area contributed by atoms with E-state index in [2.05, 4.69) is 4.18 Å². The van der Waals surface area contributed by atoms with Crippen molar-refractivity contribution in [2.75, 3.05) is 6.61 Å². The second-order valence-corrected chi connectivity index (χ2v) is 7.17. The Balaban J connectivity index is 1.81. The van der Waals surface area contributed by atoms with Crippen LogP contribution in [0, 0.1) is 0 Å². The van der Waals surface area contributed by atoms with Gasteiger partial charge in [-0.3, -0.25) is 4.18 Å². The molecule has 0 saturated heterocycles. The third kappa shape index (κ3) is 6.53. The van der Waals surface area contributed by atoms with Crippen molar-refractivity contribution >= 4 is 10.4 Å². The van der Waals surface area contributed by atoms with Crippen LogP contribution in [0.3, 0.4) is 0 Å². The first-order valence-corrected chi connectivity index (χ1v) is 9.48. The number of rotatable bonds is 8. The summed E-state index contributed by atoms with van der Waals surface area (Å²) in [5.74, 6) is 0.232. The molecule has 0 unspecified atom stereocenters. The first-order chi connectivity index (χ1) is 11.8. The fourth-order valence-electron chi connectivity index (χ4n) is 2.96. The Morgan fingerprint density at radius 2 is 1.88 bits per heavy atom. The topological polar surface area (TPSA) is 136 Å². The van der Waals surface area contributed by atoms with E-state index in [0.717, 1.165) is 12.0 Å². The Kier molecular flexibility index (Phi) is 7.17. The number of hydrogen-bond acceptors (Lipinski definition) is 8. The summed E-state index contributed by atoms with van der Waals surface area (Å²) in [5, 5.41) is 29.2. The van der Waals surface area contributed by atoms with Gasteiger partial charge in [-0.1, -0.05) is 18.2 Å². The van der Waals surface area contributed by atoms with Crippen LogP contribution in [-0.4, -0.2) is 59.3 Å². The Morgan fingerprint density at radius 1 is 1.16 bits per heavy atom. The molecule has 2 rings (SSSR count). The molecule has 0 aliphatic heterocycles. The molecule has 0 aromatic heterocycles. The number of aryl methyl sites for hydroxylation is 1. The molecule has 1 aromatic carbocycles. The van der Waals surface area contributed by atoms with E-state index in [1.165, 1.54) is 0 Å². The van der Waals surface area contributed by atoms with Gasteiger partial charge in [0.05, 0.1) is 18.3 Å². The highest BCUT2D eigenvalue weighted by Crippen LogP contribution is 2.26. The number of phenols is 1. The Hall–Kier alpha value is -1.23. The first-order valence-electron chi connectivity index (χ1n) is 8.15. The van der Waals surface area contributed by atoms with Crippen molar-refractivity contribution < 1.29 is 37.2 Å². The van der Waals surface area contributed by atoms with Crippen LogP contribution in [0.1, 0.15) is 31.2 Å². The highest BCUT2D eigenvalue weighted by molar-refractivity contribution is 7.80. The predicted octanol–water partition coefficient (Wildman–Crippen LogP) is 0.461. The smallest absolute Gasteiger partial charge is 0.218 e. The summed E-state index contributed by atoms with van der Waals surface area (Å²) >= 11 is 0. The molecule has 3 N–H and O–H groups in total. The second-order valence-electron chi connectivity index (χ2n) is 6.16. The van der Waals surface area contributed by atoms with Crippen LogP contribution < -0.4 is 0 Å². The molecule has 9 heteroatoms. The molecule has 1 aliphatic rings. The van der Waals surface area contributed by atoms with Gasteiger partial charge in [0.15, 0.2) is 0 Å². The summed E-state index contributed by atoms with van der Waals surface area (Å²) < 4.78 is 42.4. The monoisotopic (exact) mass is 375 g/mol. The lowest BCUT2D eigenvalue weighted by molar-refractivity contribution is -0.130.